The molecule has 0 spiro atoms. The molecule has 0 aromatic heterocycles. The average Bonchev–Trinajstić information content (AvgIpc) is 2.19. The van der Waals surface area contributed by atoms with E-state index in [0.717, 1.165) is 12.8 Å². The van der Waals surface area contributed by atoms with E-state index >= 15 is 0 Å². The molecule has 1 saturated carbocycles. The van der Waals surface area contributed by atoms with E-state index in [1.54, 1.807) is 6.92 Å². The molecule has 0 radical (unpaired) electrons. The standard InChI is InChI=1S/C9H11F3S/c1-8-5-3-2-4-6(8)7(10)9(11,12)13-8/h2-5H2,1H3. The molecular formula is C9H11F3S. The molecule has 13 heavy (non-hydrogen) atoms. The minimum Gasteiger partial charge on any atom is -0.204 e. The lowest BCUT2D eigenvalue weighted by atomic mass is 9.84. The molecule has 74 valence electrons. The summed E-state index contributed by atoms with van der Waals surface area (Å²) in [6, 6.07) is 0. The van der Waals surface area contributed by atoms with Crippen LogP contribution in [0.5, 0.6) is 0 Å². The molecule has 1 aliphatic heterocycles. The van der Waals surface area contributed by atoms with Gasteiger partial charge in [0.15, 0.2) is 5.83 Å². The van der Waals surface area contributed by atoms with Crippen molar-refractivity contribution in [1.82, 2.24) is 0 Å². The Morgan fingerprint density at radius 3 is 2.62 bits per heavy atom. The normalized spacial score (nSPS) is 37.8. The van der Waals surface area contributed by atoms with Gasteiger partial charge in [0.2, 0.25) is 0 Å². The van der Waals surface area contributed by atoms with E-state index in [9.17, 15) is 13.2 Å². The smallest absolute Gasteiger partial charge is 0.204 e. The highest BCUT2D eigenvalue weighted by atomic mass is 32.2. The van der Waals surface area contributed by atoms with Crippen molar-refractivity contribution in [1.29, 1.82) is 0 Å². The van der Waals surface area contributed by atoms with Crippen LogP contribution in [0.25, 0.3) is 0 Å². The number of thioether (sulfide) groups is 1. The van der Waals surface area contributed by atoms with Crippen LogP contribution in [0.1, 0.15) is 32.6 Å². The van der Waals surface area contributed by atoms with E-state index in [1.165, 1.54) is 0 Å². The highest BCUT2D eigenvalue weighted by Crippen LogP contribution is 2.60. The van der Waals surface area contributed by atoms with Crippen LogP contribution in [0, 0.1) is 0 Å². The molecule has 0 saturated heterocycles. The quantitative estimate of drug-likeness (QED) is 0.582. The van der Waals surface area contributed by atoms with Crippen LogP contribution in [-0.2, 0) is 0 Å². The zero-order chi connectivity index (χ0) is 9.69. The summed E-state index contributed by atoms with van der Waals surface area (Å²) in [5.41, 5.74) is 0.355. The lowest BCUT2D eigenvalue weighted by molar-refractivity contribution is 0.121. The first-order valence-corrected chi connectivity index (χ1v) is 5.25. The molecule has 1 fully saturated rings. The van der Waals surface area contributed by atoms with Gasteiger partial charge in [-0.1, -0.05) is 18.2 Å². The largest absolute Gasteiger partial charge is 0.345 e. The Bertz CT molecular complexity index is 272. The van der Waals surface area contributed by atoms with Gasteiger partial charge in [0.25, 0.3) is 0 Å². The van der Waals surface area contributed by atoms with Gasteiger partial charge in [-0.2, -0.15) is 8.78 Å². The van der Waals surface area contributed by atoms with Crippen LogP contribution in [-0.4, -0.2) is 10.0 Å². The van der Waals surface area contributed by atoms with Gasteiger partial charge in [-0.25, -0.2) is 4.39 Å². The molecule has 1 aliphatic carbocycles. The Kier molecular flexibility index (Phi) is 1.95. The van der Waals surface area contributed by atoms with Crippen LogP contribution in [0.15, 0.2) is 11.4 Å². The third kappa shape index (κ3) is 1.30. The molecule has 0 bridgehead atoms. The summed E-state index contributed by atoms with van der Waals surface area (Å²) < 4.78 is 38.6. The number of hydrogen-bond acceptors (Lipinski definition) is 1. The van der Waals surface area contributed by atoms with Crippen LogP contribution in [0.4, 0.5) is 13.2 Å². The van der Waals surface area contributed by atoms with Crippen molar-refractivity contribution < 1.29 is 13.2 Å². The topological polar surface area (TPSA) is 0 Å². The molecule has 4 heteroatoms. The van der Waals surface area contributed by atoms with Gasteiger partial charge in [-0.15, -0.1) is 0 Å². The second-order valence-corrected chi connectivity index (χ2v) is 5.47. The van der Waals surface area contributed by atoms with Crippen molar-refractivity contribution in [3.05, 3.63) is 11.4 Å². The maximum absolute atomic E-state index is 13.2. The Morgan fingerprint density at radius 1 is 1.31 bits per heavy atom. The minimum atomic E-state index is -3.27. The van der Waals surface area contributed by atoms with Gasteiger partial charge in [0, 0.05) is 4.75 Å². The third-order valence-corrected chi connectivity index (χ3v) is 4.18. The fourth-order valence-electron chi connectivity index (χ4n) is 2.14. The maximum Gasteiger partial charge on any atom is 0.345 e. The average molecular weight is 208 g/mol. The van der Waals surface area contributed by atoms with E-state index in [0.29, 0.717) is 30.2 Å². The van der Waals surface area contributed by atoms with E-state index < -0.39 is 15.8 Å². The molecule has 1 heterocycles. The maximum atomic E-state index is 13.2. The Labute approximate surface area is 79.6 Å². The second-order valence-electron chi connectivity index (χ2n) is 3.85. The summed E-state index contributed by atoms with van der Waals surface area (Å²) in [5, 5.41) is -3.27. The lowest BCUT2D eigenvalue weighted by Crippen LogP contribution is -2.24. The van der Waals surface area contributed by atoms with E-state index in [2.05, 4.69) is 0 Å². The zero-order valence-electron chi connectivity index (χ0n) is 7.37. The van der Waals surface area contributed by atoms with Crippen LogP contribution < -0.4 is 0 Å². The van der Waals surface area contributed by atoms with Crippen molar-refractivity contribution in [2.75, 3.05) is 0 Å². The van der Waals surface area contributed by atoms with Crippen LogP contribution >= 0.6 is 11.8 Å². The zero-order valence-corrected chi connectivity index (χ0v) is 8.19. The van der Waals surface area contributed by atoms with Gasteiger partial charge in [0.1, 0.15) is 0 Å². The number of rotatable bonds is 0. The second kappa shape index (κ2) is 2.69. The molecular weight excluding hydrogens is 197 g/mol. The molecule has 2 rings (SSSR count). The predicted molar refractivity (Wildman–Crippen MR) is 47.5 cm³/mol. The van der Waals surface area contributed by atoms with Crippen LogP contribution in [0.3, 0.4) is 0 Å². The molecule has 0 aromatic rings. The van der Waals surface area contributed by atoms with Gasteiger partial charge in [0.05, 0.1) is 0 Å². The van der Waals surface area contributed by atoms with Gasteiger partial charge < -0.3 is 0 Å². The highest BCUT2D eigenvalue weighted by Gasteiger charge is 2.55. The van der Waals surface area contributed by atoms with Crippen molar-refractivity contribution in [3.8, 4) is 0 Å². The fourth-order valence-corrected chi connectivity index (χ4v) is 3.48. The number of hydrogen-bond donors (Lipinski definition) is 0. The number of fused-ring (bicyclic) bond motifs is 1. The van der Waals surface area contributed by atoms with Gasteiger partial charge >= 0.3 is 5.25 Å². The minimum absolute atomic E-state index is 0.355. The summed E-state index contributed by atoms with van der Waals surface area (Å²) in [6.07, 6.45) is 2.95. The third-order valence-electron chi connectivity index (χ3n) is 2.84. The SMILES string of the molecule is CC12CCCCC1=C(F)C(F)(F)S2. The molecule has 0 aromatic carbocycles. The summed E-state index contributed by atoms with van der Waals surface area (Å²) in [6.45, 7) is 1.73. The van der Waals surface area contributed by atoms with Crippen molar-refractivity contribution in [2.24, 2.45) is 0 Å². The lowest BCUT2D eigenvalue weighted by Gasteiger charge is -2.30. The fraction of sp³-hybridized carbons (Fsp3) is 0.778. The molecule has 1 unspecified atom stereocenters. The molecule has 0 amide bonds. The molecule has 0 N–H and O–H groups in total. The van der Waals surface area contributed by atoms with Gasteiger partial charge in [-0.05, 0) is 31.8 Å². The summed E-state index contributed by atoms with van der Waals surface area (Å²) in [5.74, 6) is -1.17. The monoisotopic (exact) mass is 208 g/mol. The van der Waals surface area contributed by atoms with E-state index in [1.807, 2.05) is 0 Å². The first kappa shape index (κ1) is 9.44. The Morgan fingerprint density at radius 2 is 2.00 bits per heavy atom. The first-order valence-electron chi connectivity index (χ1n) is 4.43. The van der Waals surface area contributed by atoms with Crippen molar-refractivity contribution in [3.63, 3.8) is 0 Å². The number of alkyl halides is 2. The number of halogens is 3. The van der Waals surface area contributed by atoms with Gasteiger partial charge in [-0.3, -0.25) is 0 Å². The van der Waals surface area contributed by atoms with Crippen molar-refractivity contribution >= 4 is 11.8 Å². The summed E-state index contributed by atoms with van der Waals surface area (Å²) in [7, 11) is 0. The van der Waals surface area contributed by atoms with Crippen molar-refractivity contribution in [2.45, 2.75) is 42.6 Å². The first-order chi connectivity index (χ1) is 5.96. The highest BCUT2D eigenvalue weighted by molar-refractivity contribution is 8.02. The predicted octanol–water partition coefficient (Wildman–Crippen LogP) is 3.88. The van der Waals surface area contributed by atoms with E-state index in [-0.39, 0.29) is 0 Å². The molecule has 2 aliphatic rings. The molecule has 1 atom stereocenters. The summed E-state index contributed by atoms with van der Waals surface area (Å²) in [4.78, 5) is 0. The molecule has 0 nitrogen and oxygen atoms in total. The van der Waals surface area contributed by atoms with E-state index in [4.69, 9.17) is 0 Å². The Balaban J connectivity index is 2.41. The Hall–Kier alpha value is -0.120. The summed E-state index contributed by atoms with van der Waals surface area (Å²) >= 11 is 0.480. The van der Waals surface area contributed by atoms with Crippen LogP contribution in [0.2, 0.25) is 0 Å².